The van der Waals surface area contributed by atoms with E-state index in [1.165, 1.54) is 25.7 Å². The van der Waals surface area contributed by atoms with Crippen molar-refractivity contribution in [3.8, 4) is 0 Å². The summed E-state index contributed by atoms with van der Waals surface area (Å²) in [6.45, 7) is 9.58. The van der Waals surface area contributed by atoms with Crippen molar-refractivity contribution in [2.75, 3.05) is 0 Å². The Kier molecular flexibility index (Phi) is 2.61. The van der Waals surface area contributed by atoms with Crippen molar-refractivity contribution in [3.63, 3.8) is 0 Å². The molecular weight excluding hydrogens is 132 g/mol. The predicted octanol–water partition coefficient (Wildman–Crippen LogP) is 3.86. The van der Waals surface area contributed by atoms with Gasteiger partial charge in [-0.15, -0.1) is 0 Å². The van der Waals surface area contributed by atoms with Crippen LogP contribution >= 0.6 is 0 Å². The van der Waals surface area contributed by atoms with Crippen LogP contribution in [0.1, 0.15) is 53.4 Å². The highest BCUT2D eigenvalue weighted by Gasteiger charge is 2.30. The zero-order valence-electron chi connectivity index (χ0n) is 8.48. The fraction of sp³-hybridized carbons (Fsp3) is 1.00. The molecule has 2 atom stereocenters. The number of rotatable bonds is 1. The van der Waals surface area contributed by atoms with Gasteiger partial charge in [0.2, 0.25) is 0 Å². The third-order valence-corrected chi connectivity index (χ3v) is 3.06. The van der Waals surface area contributed by atoms with E-state index in [1.807, 2.05) is 0 Å². The van der Waals surface area contributed by atoms with Crippen molar-refractivity contribution in [3.05, 3.63) is 0 Å². The maximum absolute atomic E-state index is 2.42. The van der Waals surface area contributed by atoms with Crippen LogP contribution in [0, 0.1) is 17.3 Å². The second kappa shape index (κ2) is 3.16. The Hall–Kier alpha value is 0. The van der Waals surface area contributed by atoms with Gasteiger partial charge in [-0.05, 0) is 36.5 Å². The summed E-state index contributed by atoms with van der Waals surface area (Å²) in [5.74, 6) is 1.97. The summed E-state index contributed by atoms with van der Waals surface area (Å²) < 4.78 is 0. The second-order valence-corrected chi connectivity index (χ2v) is 5.19. The van der Waals surface area contributed by atoms with Gasteiger partial charge in [-0.1, -0.05) is 34.1 Å². The quantitative estimate of drug-likeness (QED) is 0.538. The largest absolute Gasteiger partial charge is 0.0651 e. The first-order chi connectivity index (χ1) is 5.03. The zero-order chi connectivity index (χ0) is 8.48. The van der Waals surface area contributed by atoms with Crippen LogP contribution in [-0.4, -0.2) is 0 Å². The maximum Gasteiger partial charge on any atom is -0.0349 e. The molecule has 0 aromatic rings. The first-order valence-electron chi connectivity index (χ1n) is 5.03. The fourth-order valence-electron chi connectivity index (χ4n) is 2.85. The average Bonchev–Trinajstić information content (AvgIpc) is 1.83. The molecule has 0 radical (unpaired) electrons. The molecule has 1 rings (SSSR count). The minimum atomic E-state index is 0.623. The molecule has 11 heavy (non-hydrogen) atoms. The van der Waals surface area contributed by atoms with E-state index in [0.717, 1.165) is 11.8 Å². The van der Waals surface area contributed by atoms with Crippen LogP contribution < -0.4 is 0 Å². The molecule has 0 saturated heterocycles. The van der Waals surface area contributed by atoms with Crippen LogP contribution in [0.5, 0.6) is 0 Å². The van der Waals surface area contributed by atoms with E-state index in [0.29, 0.717) is 5.41 Å². The Labute approximate surface area is 71.4 Å². The van der Waals surface area contributed by atoms with Gasteiger partial charge in [-0.25, -0.2) is 0 Å². The third kappa shape index (κ3) is 2.50. The summed E-state index contributed by atoms with van der Waals surface area (Å²) >= 11 is 0. The van der Waals surface area contributed by atoms with Gasteiger partial charge in [0.15, 0.2) is 0 Å². The van der Waals surface area contributed by atoms with Gasteiger partial charge in [-0.3, -0.25) is 0 Å². The van der Waals surface area contributed by atoms with Gasteiger partial charge >= 0.3 is 0 Å². The summed E-state index contributed by atoms with van der Waals surface area (Å²) in [4.78, 5) is 0. The normalized spacial score (nSPS) is 37.1. The zero-order valence-corrected chi connectivity index (χ0v) is 8.48. The molecule has 0 aromatic heterocycles. The van der Waals surface area contributed by atoms with E-state index in [2.05, 4.69) is 27.7 Å². The van der Waals surface area contributed by atoms with Crippen molar-refractivity contribution in [2.45, 2.75) is 53.4 Å². The highest BCUT2D eigenvalue weighted by atomic mass is 14.4. The van der Waals surface area contributed by atoms with Crippen molar-refractivity contribution in [1.82, 2.24) is 0 Å². The standard InChI is InChI=1S/C11H22/c1-5-10-6-9(2)7-11(3,4)8-10/h9-10H,5-8H2,1-4H3/t9-,10?/m1/s1. The van der Waals surface area contributed by atoms with Crippen molar-refractivity contribution < 1.29 is 0 Å². The molecule has 1 fully saturated rings. The van der Waals surface area contributed by atoms with E-state index >= 15 is 0 Å². The molecule has 0 bridgehead atoms. The van der Waals surface area contributed by atoms with E-state index in [4.69, 9.17) is 0 Å². The first kappa shape index (κ1) is 9.09. The van der Waals surface area contributed by atoms with Crippen LogP contribution in [0.3, 0.4) is 0 Å². The van der Waals surface area contributed by atoms with Gasteiger partial charge in [0.05, 0.1) is 0 Å². The van der Waals surface area contributed by atoms with Crippen LogP contribution in [0.15, 0.2) is 0 Å². The molecule has 0 spiro atoms. The van der Waals surface area contributed by atoms with E-state index in [1.54, 1.807) is 0 Å². The molecular formula is C11H22. The Balaban J connectivity index is 2.51. The molecule has 0 amide bonds. The summed E-state index contributed by atoms with van der Waals surface area (Å²) in [5, 5.41) is 0. The lowest BCUT2D eigenvalue weighted by atomic mass is 9.67. The van der Waals surface area contributed by atoms with Crippen LogP contribution in [0.4, 0.5) is 0 Å². The molecule has 0 aliphatic heterocycles. The number of hydrogen-bond donors (Lipinski definition) is 0. The maximum atomic E-state index is 2.42. The molecule has 1 aliphatic rings. The fourth-order valence-corrected chi connectivity index (χ4v) is 2.85. The molecule has 0 heterocycles. The lowest BCUT2D eigenvalue weighted by Gasteiger charge is -2.38. The predicted molar refractivity (Wildman–Crippen MR) is 50.6 cm³/mol. The van der Waals surface area contributed by atoms with Crippen molar-refractivity contribution in [2.24, 2.45) is 17.3 Å². The molecule has 1 saturated carbocycles. The molecule has 66 valence electrons. The molecule has 1 unspecified atom stereocenters. The Morgan fingerprint density at radius 3 is 2.36 bits per heavy atom. The number of hydrogen-bond acceptors (Lipinski definition) is 0. The van der Waals surface area contributed by atoms with Crippen molar-refractivity contribution in [1.29, 1.82) is 0 Å². The summed E-state index contributed by atoms with van der Waals surface area (Å²) in [6.07, 6.45) is 5.74. The summed E-state index contributed by atoms with van der Waals surface area (Å²) in [6, 6.07) is 0. The lowest BCUT2D eigenvalue weighted by Crippen LogP contribution is -2.27. The van der Waals surface area contributed by atoms with Gasteiger partial charge < -0.3 is 0 Å². The average molecular weight is 154 g/mol. The SMILES string of the molecule is CCC1C[C@@H](C)CC(C)(C)C1. The van der Waals surface area contributed by atoms with E-state index < -0.39 is 0 Å². The Morgan fingerprint density at radius 2 is 1.91 bits per heavy atom. The minimum absolute atomic E-state index is 0.623. The van der Waals surface area contributed by atoms with Gasteiger partial charge in [0.1, 0.15) is 0 Å². The van der Waals surface area contributed by atoms with Crippen LogP contribution in [0.25, 0.3) is 0 Å². The molecule has 0 aromatic carbocycles. The van der Waals surface area contributed by atoms with Gasteiger partial charge in [0, 0.05) is 0 Å². The highest BCUT2D eigenvalue weighted by Crippen LogP contribution is 2.42. The third-order valence-electron chi connectivity index (χ3n) is 3.06. The Morgan fingerprint density at radius 1 is 1.27 bits per heavy atom. The van der Waals surface area contributed by atoms with Crippen LogP contribution in [-0.2, 0) is 0 Å². The first-order valence-corrected chi connectivity index (χ1v) is 5.03. The summed E-state index contributed by atoms with van der Waals surface area (Å²) in [5.41, 5.74) is 0.623. The lowest BCUT2D eigenvalue weighted by molar-refractivity contribution is 0.130. The van der Waals surface area contributed by atoms with Gasteiger partial charge in [-0.2, -0.15) is 0 Å². The van der Waals surface area contributed by atoms with E-state index in [9.17, 15) is 0 Å². The molecule has 0 heteroatoms. The molecule has 1 aliphatic carbocycles. The van der Waals surface area contributed by atoms with Crippen molar-refractivity contribution >= 4 is 0 Å². The molecule has 0 N–H and O–H groups in total. The monoisotopic (exact) mass is 154 g/mol. The highest BCUT2D eigenvalue weighted by molar-refractivity contribution is 4.81. The van der Waals surface area contributed by atoms with Crippen LogP contribution in [0.2, 0.25) is 0 Å². The van der Waals surface area contributed by atoms with Gasteiger partial charge in [0.25, 0.3) is 0 Å². The smallest absolute Gasteiger partial charge is 0.0349 e. The second-order valence-electron chi connectivity index (χ2n) is 5.19. The summed E-state index contributed by atoms with van der Waals surface area (Å²) in [7, 11) is 0. The van der Waals surface area contributed by atoms with E-state index in [-0.39, 0.29) is 0 Å². The Bertz CT molecular complexity index is 124. The minimum Gasteiger partial charge on any atom is -0.0651 e. The topological polar surface area (TPSA) is 0 Å². The molecule has 0 nitrogen and oxygen atoms in total.